The van der Waals surface area contributed by atoms with Crippen molar-refractivity contribution in [1.29, 1.82) is 0 Å². The van der Waals surface area contributed by atoms with Crippen LogP contribution in [-0.4, -0.2) is 41.1 Å². The molecule has 2 aliphatic heterocycles. The smallest absolute Gasteiger partial charge is 0.240 e. The molecule has 0 aromatic heterocycles. The number of likely N-dealkylation sites (tertiary alicyclic amines) is 1. The van der Waals surface area contributed by atoms with E-state index in [4.69, 9.17) is 11.6 Å². The Morgan fingerprint density at radius 3 is 2.38 bits per heavy atom. The van der Waals surface area contributed by atoms with E-state index in [1.807, 2.05) is 6.92 Å². The highest BCUT2D eigenvalue weighted by Gasteiger charge is 2.49. The summed E-state index contributed by atoms with van der Waals surface area (Å²) in [5, 5.41) is 1.71. The number of fused-ring (bicyclic) bond motifs is 1. The Kier molecular flexibility index (Phi) is 2.88. The molecule has 88 valence electrons. The highest BCUT2D eigenvalue weighted by Crippen LogP contribution is 2.29. The van der Waals surface area contributed by atoms with E-state index in [-0.39, 0.29) is 29.6 Å². The summed E-state index contributed by atoms with van der Waals surface area (Å²) in [6.07, 6.45) is 0.548. The molecule has 5 nitrogen and oxygen atoms in total. The molecule has 6 heteroatoms. The molecule has 3 amide bonds. The number of hydrogen-bond donors (Lipinski definition) is 1. The Bertz CT molecular complexity index is 336. The maximum absolute atomic E-state index is 11.8. The third-order valence-electron chi connectivity index (χ3n) is 3.18. The monoisotopic (exact) mass is 244 g/mol. The van der Waals surface area contributed by atoms with Crippen molar-refractivity contribution in [3.63, 3.8) is 0 Å². The van der Waals surface area contributed by atoms with Crippen LogP contribution in [0.5, 0.6) is 0 Å². The van der Waals surface area contributed by atoms with Crippen molar-refractivity contribution in [2.24, 2.45) is 11.8 Å². The van der Waals surface area contributed by atoms with Crippen LogP contribution in [0.4, 0.5) is 0 Å². The molecule has 2 saturated heterocycles. The second-order valence-electron chi connectivity index (χ2n) is 4.19. The number of carbonyl (C=O) groups is 3. The van der Waals surface area contributed by atoms with E-state index in [0.29, 0.717) is 19.5 Å². The van der Waals surface area contributed by atoms with Gasteiger partial charge in [-0.15, -0.1) is 11.6 Å². The summed E-state index contributed by atoms with van der Waals surface area (Å²) in [7, 11) is 0. The van der Waals surface area contributed by atoms with Gasteiger partial charge in [0.1, 0.15) is 5.38 Å². The third kappa shape index (κ3) is 1.69. The quantitative estimate of drug-likeness (QED) is 0.537. The van der Waals surface area contributed by atoms with Crippen LogP contribution in [0.2, 0.25) is 0 Å². The fourth-order valence-corrected chi connectivity index (χ4v) is 2.33. The first-order chi connectivity index (χ1) is 7.54. The Labute approximate surface area is 98.1 Å². The summed E-state index contributed by atoms with van der Waals surface area (Å²) in [5.41, 5.74) is 0. The number of carbonyl (C=O) groups excluding carboxylic acids is 3. The van der Waals surface area contributed by atoms with Crippen LogP contribution in [0.1, 0.15) is 13.3 Å². The molecule has 1 N–H and O–H groups in total. The predicted molar refractivity (Wildman–Crippen MR) is 56.6 cm³/mol. The van der Waals surface area contributed by atoms with Gasteiger partial charge >= 0.3 is 0 Å². The Balaban J connectivity index is 2.06. The summed E-state index contributed by atoms with van der Waals surface area (Å²) >= 11 is 5.85. The van der Waals surface area contributed by atoms with Crippen molar-refractivity contribution >= 4 is 29.3 Å². The van der Waals surface area contributed by atoms with Crippen LogP contribution in [0.15, 0.2) is 0 Å². The van der Waals surface area contributed by atoms with E-state index in [1.165, 1.54) is 4.90 Å². The number of imide groups is 1. The fourth-order valence-electron chi connectivity index (χ4n) is 2.19. The van der Waals surface area contributed by atoms with E-state index in [0.717, 1.165) is 0 Å². The van der Waals surface area contributed by atoms with Crippen molar-refractivity contribution < 1.29 is 14.4 Å². The lowest BCUT2D eigenvalue weighted by molar-refractivity contribution is -0.131. The first kappa shape index (κ1) is 11.4. The molecule has 0 aromatic rings. The molecule has 0 bridgehead atoms. The van der Waals surface area contributed by atoms with E-state index in [9.17, 15) is 14.4 Å². The maximum atomic E-state index is 11.8. The van der Waals surface area contributed by atoms with Gasteiger partial charge in [0, 0.05) is 13.1 Å². The molecule has 2 heterocycles. The molecule has 3 atom stereocenters. The number of halogens is 1. The van der Waals surface area contributed by atoms with Crippen LogP contribution in [-0.2, 0) is 14.4 Å². The minimum absolute atomic E-state index is 0.181. The predicted octanol–water partition coefficient (Wildman–Crippen LogP) is -0.265. The molecular weight excluding hydrogens is 232 g/mol. The Morgan fingerprint density at radius 1 is 1.44 bits per heavy atom. The summed E-state index contributed by atoms with van der Waals surface area (Å²) in [6, 6.07) is 0. The topological polar surface area (TPSA) is 66.5 Å². The van der Waals surface area contributed by atoms with Crippen molar-refractivity contribution in [1.82, 2.24) is 10.2 Å². The lowest BCUT2D eigenvalue weighted by atomic mass is 10.00. The van der Waals surface area contributed by atoms with Gasteiger partial charge in [0.2, 0.25) is 17.7 Å². The van der Waals surface area contributed by atoms with Crippen molar-refractivity contribution in [3.05, 3.63) is 0 Å². The van der Waals surface area contributed by atoms with Gasteiger partial charge in [0.15, 0.2) is 0 Å². The molecule has 0 radical (unpaired) electrons. The van der Waals surface area contributed by atoms with Gasteiger partial charge in [-0.25, -0.2) is 0 Å². The molecule has 2 rings (SSSR count). The van der Waals surface area contributed by atoms with Crippen molar-refractivity contribution in [3.8, 4) is 0 Å². The van der Waals surface area contributed by atoms with Crippen LogP contribution in [0.3, 0.4) is 0 Å². The zero-order chi connectivity index (χ0) is 11.9. The lowest BCUT2D eigenvalue weighted by Crippen LogP contribution is -2.38. The SMILES string of the molecule is CC[C@H](Cl)C(=O)N1C[C@@H]2C(=O)NC(=O)[C@H]2C1. The Morgan fingerprint density at radius 2 is 1.94 bits per heavy atom. The van der Waals surface area contributed by atoms with E-state index < -0.39 is 5.38 Å². The average Bonchev–Trinajstić information content (AvgIpc) is 2.80. The zero-order valence-corrected chi connectivity index (χ0v) is 9.66. The van der Waals surface area contributed by atoms with Gasteiger partial charge in [0.25, 0.3) is 0 Å². The molecule has 2 fully saturated rings. The maximum Gasteiger partial charge on any atom is 0.240 e. The first-order valence-electron chi connectivity index (χ1n) is 5.32. The molecule has 0 aromatic carbocycles. The molecule has 0 aliphatic carbocycles. The molecule has 16 heavy (non-hydrogen) atoms. The van der Waals surface area contributed by atoms with Crippen molar-refractivity contribution in [2.75, 3.05) is 13.1 Å². The van der Waals surface area contributed by atoms with Gasteiger partial charge in [-0.1, -0.05) is 6.92 Å². The van der Waals surface area contributed by atoms with Crippen LogP contribution in [0, 0.1) is 11.8 Å². The number of alkyl halides is 1. The molecule has 0 saturated carbocycles. The molecule has 0 spiro atoms. The number of hydrogen-bond acceptors (Lipinski definition) is 3. The highest BCUT2D eigenvalue weighted by atomic mass is 35.5. The molecular formula is C10H13ClN2O3. The van der Waals surface area contributed by atoms with Gasteiger partial charge < -0.3 is 4.90 Å². The van der Waals surface area contributed by atoms with Gasteiger partial charge in [0.05, 0.1) is 11.8 Å². The minimum atomic E-state index is -0.558. The van der Waals surface area contributed by atoms with Gasteiger partial charge in [-0.3, -0.25) is 19.7 Å². The third-order valence-corrected chi connectivity index (χ3v) is 3.67. The fraction of sp³-hybridized carbons (Fsp3) is 0.700. The average molecular weight is 245 g/mol. The number of nitrogens with zero attached hydrogens (tertiary/aromatic N) is 1. The Hall–Kier alpha value is -1.10. The summed E-state index contributed by atoms with van der Waals surface area (Å²) < 4.78 is 0. The number of nitrogens with one attached hydrogen (secondary N) is 1. The summed E-state index contributed by atoms with van der Waals surface area (Å²) in [5.74, 6) is -1.48. The van der Waals surface area contributed by atoms with E-state index in [2.05, 4.69) is 5.32 Å². The summed E-state index contributed by atoms with van der Waals surface area (Å²) in [4.78, 5) is 36.0. The van der Waals surface area contributed by atoms with Crippen molar-refractivity contribution in [2.45, 2.75) is 18.7 Å². The lowest BCUT2D eigenvalue weighted by Gasteiger charge is -2.19. The normalized spacial score (nSPS) is 30.2. The second-order valence-corrected chi connectivity index (χ2v) is 4.71. The van der Waals surface area contributed by atoms with Crippen LogP contribution < -0.4 is 5.32 Å². The number of rotatable bonds is 2. The first-order valence-corrected chi connectivity index (χ1v) is 5.75. The number of amides is 3. The molecule has 0 unspecified atom stereocenters. The van der Waals surface area contributed by atoms with E-state index >= 15 is 0 Å². The van der Waals surface area contributed by atoms with E-state index in [1.54, 1.807) is 0 Å². The van der Waals surface area contributed by atoms with Gasteiger partial charge in [-0.2, -0.15) is 0 Å². The molecule has 2 aliphatic rings. The summed E-state index contributed by atoms with van der Waals surface area (Å²) in [6.45, 7) is 2.44. The second kappa shape index (κ2) is 4.05. The van der Waals surface area contributed by atoms with Crippen LogP contribution in [0.25, 0.3) is 0 Å². The van der Waals surface area contributed by atoms with Gasteiger partial charge in [-0.05, 0) is 6.42 Å². The highest BCUT2D eigenvalue weighted by molar-refractivity contribution is 6.30. The zero-order valence-electron chi connectivity index (χ0n) is 8.90. The minimum Gasteiger partial charge on any atom is -0.340 e. The van der Waals surface area contributed by atoms with Crippen LogP contribution >= 0.6 is 11.6 Å². The largest absolute Gasteiger partial charge is 0.340 e. The standard InChI is InChI=1S/C10H13ClN2O3/c1-2-7(11)10(16)13-3-5-6(4-13)9(15)12-8(5)14/h5-7H,2-4H2,1H3,(H,12,14,15)/t5-,6-,7-/m0/s1.